The van der Waals surface area contributed by atoms with Crippen molar-refractivity contribution in [1.29, 1.82) is 0 Å². The van der Waals surface area contributed by atoms with Gasteiger partial charge in [-0.05, 0) is 24.8 Å². The second-order valence-electron chi connectivity index (χ2n) is 4.04. The van der Waals surface area contributed by atoms with E-state index < -0.39 is 0 Å². The molecule has 1 fully saturated rings. The van der Waals surface area contributed by atoms with Crippen LogP contribution in [0.25, 0.3) is 0 Å². The molecule has 1 aromatic rings. The lowest BCUT2D eigenvalue weighted by atomic mass is 10.0. The van der Waals surface area contributed by atoms with Crippen molar-refractivity contribution in [2.24, 2.45) is 5.92 Å². The molecule has 1 atom stereocenters. The molecule has 1 unspecified atom stereocenters. The zero-order valence-corrected chi connectivity index (χ0v) is 9.60. The van der Waals surface area contributed by atoms with Crippen molar-refractivity contribution >= 4 is 11.6 Å². The van der Waals surface area contributed by atoms with E-state index in [0.717, 1.165) is 12.8 Å². The van der Waals surface area contributed by atoms with Crippen molar-refractivity contribution in [3.05, 3.63) is 34.6 Å². The maximum Gasteiger partial charge on any atom is 0.146 e. The van der Waals surface area contributed by atoms with E-state index in [0.29, 0.717) is 18.0 Å². The first-order valence-electron chi connectivity index (χ1n) is 5.34. The molecule has 1 nitrogen and oxygen atoms in total. The van der Waals surface area contributed by atoms with E-state index in [4.69, 9.17) is 18.0 Å². The summed E-state index contributed by atoms with van der Waals surface area (Å²) < 4.78 is 13.8. The molecule has 2 rings (SSSR count). The SMILES string of the molecule is C#CCNC(c1cccc(Cl)c1F)C1CC1. The number of halogens is 2. The fraction of sp³-hybridized carbons (Fsp3) is 0.385. The lowest BCUT2D eigenvalue weighted by Gasteiger charge is -2.18. The van der Waals surface area contributed by atoms with E-state index in [9.17, 15) is 4.39 Å². The molecule has 1 saturated carbocycles. The Bertz CT molecular complexity index is 420. The number of rotatable bonds is 4. The minimum Gasteiger partial charge on any atom is -0.299 e. The minimum atomic E-state index is -0.328. The summed E-state index contributed by atoms with van der Waals surface area (Å²) in [7, 11) is 0. The Balaban J connectivity index is 2.24. The molecule has 0 aliphatic heterocycles. The highest BCUT2D eigenvalue weighted by atomic mass is 35.5. The molecule has 3 heteroatoms. The van der Waals surface area contributed by atoms with E-state index in [-0.39, 0.29) is 16.9 Å². The van der Waals surface area contributed by atoms with Gasteiger partial charge < -0.3 is 0 Å². The molecule has 16 heavy (non-hydrogen) atoms. The van der Waals surface area contributed by atoms with Crippen molar-refractivity contribution in [2.45, 2.75) is 18.9 Å². The molecular formula is C13H13ClFN. The summed E-state index contributed by atoms with van der Waals surface area (Å²) >= 11 is 5.77. The Morgan fingerprint density at radius 3 is 2.94 bits per heavy atom. The average molecular weight is 238 g/mol. The van der Waals surface area contributed by atoms with Crippen LogP contribution in [0.4, 0.5) is 4.39 Å². The van der Waals surface area contributed by atoms with Gasteiger partial charge in [0, 0.05) is 11.6 Å². The van der Waals surface area contributed by atoms with E-state index >= 15 is 0 Å². The van der Waals surface area contributed by atoms with Crippen LogP contribution in [-0.2, 0) is 0 Å². The van der Waals surface area contributed by atoms with E-state index in [1.165, 1.54) is 0 Å². The third-order valence-electron chi connectivity index (χ3n) is 2.83. The lowest BCUT2D eigenvalue weighted by Crippen LogP contribution is -2.24. The summed E-state index contributed by atoms with van der Waals surface area (Å²) in [6.45, 7) is 0.452. The highest BCUT2D eigenvalue weighted by molar-refractivity contribution is 6.30. The van der Waals surface area contributed by atoms with Gasteiger partial charge in [-0.1, -0.05) is 29.7 Å². The number of benzene rings is 1. The smallest absolute Gasteiger partial charge is 0.146 e. The topological polar surface area (TPSA) is 12.0 Å². The third-order valence-corrected chi connectivity index (χ3v) is 3.13. The zero-order chi connectivity index (χ0) is 11.5. The maximum atomic E-state index is 13.8. The van der Waals surface area contributed by atoms with Gasteiger partial charge in [0.05, 0.1) is 11.6 Å². The van der Waals surface area contributed by atoms with E-state index in [1.807, 2.05) is 0 Å². The standard InChI is InChI=1S/C13H13ClFN/c1-2-8-16-13(9-6-7-9)10-4-3-5-11(14)12(10)15/h1,3-5,9,13,16H,6-8H2. The fourth-order valence-electron chi connectivity index (χ4n) is 1.89. The third kappa shape index (κ3) is 2.37. The highest BCUT2D eigenvalue weighted by Gasteiger charge is 2.33. The summed E-state index contributed by atoms with van der Waals surface area (Å²) in [5.41, 5.74) is 0.630. The Kier molecular flexibility index (Phi) is 3.48. The molecule has 0 bridgehead atoms. The zero-order valence-electron chi connectivity index (χ0n) is 8.84. The summed E-state index contributed by atoms with van der Waals surface area (Å²) in [6.07, 6.45) is 7.45. The van der Waals surface area contributed by atoms with Crippen molar-refractivity contribution in [3.8, 4) is 12.3 Å². The average Bonchev–Trinajstić information content (AvgIpc) is 3.08. The van der Waals surface area contributed by atoms with Crippen LogP contribution in [0.1, 0.15) is 24.4 Å². The molecule has 0 saturated heterocycles. The Labute approximate surface area is 100.0 Å². The summed E-state index contributed by atoms with van der Waals surface area (Å²) in [5, 5.41) is 3.35. The van der Waals surface area contributed by atoms with Gasteiger partial charge >= 0.3 is 0 Å². The Morgan fingerprint density at radius 2 is 2.31 bits per heavy atom. The molecule has 0 heterocycles. The monoisotopic (exact) mass is 237 g/mol. The first kappa shape index (κ1) is 11.4. The van der Waals surface area contributed by atoms with Gasteiger partial charge in [-0.15, -0.1) is 6.42 Å². The summed E-state index contributed by atoms with van der Waals surface area (Å²) in [6, 6.07) is 5.10. The molecular weight excluding hydrogens is 225 g/mol. The maximum absolute atomic E-state index is 13.8. The first-order chi connectivity index (χ1) is 7.74. The molecule has 1 aliphatic rings. The van der Waals surface area contributed by atoms with Gasteiger partial charge in [0.15, 0.2) is 0 Å². The molecule has 0 amide bonds. The molecule has 1 aliphatic carbocycles. The number of hydrogen-bond donors (Lipinski definition) is 1. The van der Waals surface area contributed by atoms with E-state index in [2.05, 4.69) is 11.2 Å². The van der Waals surface area contributed by atoms with Gasteiger partial charge in [0.2, 0.25) is 0 Å². The number of terminal acetylenes is 1. The Hall–Kier alpha value is -1.04. The largest absolute Gasteiger partial charge is 0.299 e. The van der Waals surface area contributed by atoms with Crippen LogP contribution < -0.4 is 5.32 Å². The lowest BCUT2D eigenvalue weighted by molar-refractivity contribution is 0.480. The van der Waals surface area contributed by atoms with Crippen LogP contribution in [0.2, 0.25) is 5.02 Å². The number of nitrogens with one attached hydrogen (secondary N) is 1. The van der Waals surface area contributed by atoms with Gasteiger partial charge in [-0.3, -0.25) is 5.32 Å². The van der Waals surface area contributed by atoms with Crippen LogP contribution in [0.3, 0.4) is 0 Å². The van der Waals surface area contributed by atoms with Crippen LogP contribution in [0, 0.1) is 24.1 Å². The second-order valence-corrected chi connectivity index (χ2v) is 4.45. The predicted molar refractivity (Wildman–Crippen MR) is 63.7 cm³/mol. The van der Waals surface area contributed by atoms with Gasteiger partial charge in [0.25, 0.3) is 0 Å². The molecule has 0 radical (unpaired) electrons. The minimum absolute atomic E-state index is 0.00486. The summed E-state index contributed by atoms with van der Waals surface area (Å²) in [4.78, 5) is 0. The highest BCUT2D eigenvalue weighted by Crippen LogP contribution is 2.42. The van der Waals surface area contributed by atoms with Gasteiger partial charge in [0.1, 0.15) is 5.82 Å². The summed E-state index contributed by atoms with van der Waals surface area (Å²) in [5.74, 6) is 2.68. The van der Waals surface area contributed by atoms with Crippen molar-refractivity contribution in [1.82, 2.24) is 5.32 Å². The normalized spacial score (nSPS) is 16.8. The molecule has 0 aromatic heterocycles. The molecule has 84 valence electrons. The first-order valence-corrected chi connectivity index (χ1v) is 5.72. The van der Waals surface area contributed by atoms with Gasteiger partial charge in [-0.2, -0.15) is 0 Å². The quantitative estimate of drug-likeness (QED) is 0.794. The molecule has 1 aromatic carbocycles. The van der Waals surface area contributed by atoms with Crippen LogP contribution in [0.5, 0.6) is 0 Å². The fourth-order valence-corrected chi connectivity index (χ4v) is 2.07. The van der Waals surface area contributed by atoms with Crippen molar-refractivity contribution < 1.29 is 4.39 Å². The number of hydrogen-bond acceptors (Lipinski definition) is 1. The Morgan fingerprint density at radius 1 is 1.56 bits per heavy atom. The van der Waals surface area contributed by atoms with Crippen LogP contribution in [0.15, 0.2) is 18.2 Å². The second kappa shape index (κ2) is 4.86. The molecule has 0 spiro atoms. The van der Waals surface area contributed by atoms with E-state index in [1.54, 1.807) is 18.2 Å². The van der Waals surface area contributed by atoms with Crippen LogP contribution >= 0.6 is 11.6 Å². The van der Waals surface area contributed by atoms with Crippen molar-refractivity contribution in [3.63, 3.8) is 0 Å². The molecule has 1 N–H and O–H groups in total. The van der Waals surface area contributed by atoms with Gasteiger partial charge in [-0.25, -0.2) is 4.39 Å². The van der Waals surface area contributed by atoms with Crippen LogP contribution in [-0.4, -0.2) is 6.54 Å². The van der Waals surface area contributed by atoms with Crippen molar-refractivity contribution in [2.75, 3.05) is 6.54 Å². The predicted octanol–water partition coefficient (Wildman–Crippen LogP) is 3.15.